The van der Waals surface area contributed by atoms with Crippen molar-refractivity contribution in [2.45, 2.75) is 0 Å². The first-order valence-corrected chi connectivity index (χ1v) is 9.11. The van der Waals surface area contributed by atoms with Gasteiger partial charge in [0.1, 0.15) is 11.4 Å². The zero-order valence-electron chi connectivity index (χ0n) is 14.0. The molecule has 3 aromatic rings. The van der Waals surface area contributed by atoms with Gasteiger partial charge in [0, 0.05) is 10.7 Å². The maximum absolute atomic E-state index is 11.8. The van der Waals surface area contributed by atoms with E-state index >= 15 is 0 Å². The molecule has 0 aliphatic carbocycles. The number of hydrazine groups is 1. The molecule has 0 bridgehead atoms. The molecule has 0 saturated carbocycles. The number of amides is 2. The second kappa shape index (κ2) is 8.75. The minimum Gasteiger partial charge on any atom is -0.482 e. The van der Waals surface area contributed by atoms with Gasteiger partial charge >= 0.3 is 0 Å². The molecule has 1 aromatic heterocycles. The van der Waals surface area contributed by atoms with E-state index in [4.69, 9.17) is 16.3 Å². The van der Waals surface area contributed by atoms with Gasteiger partial charge in [0.25, 0.3) is 11.8 Å². The maximum atomic E-state index is 11.8. The Morgan fingerprint density at radius 3 is 2.48 bits per heavy atom. The third-order valence-corrected chi connectivity index (χ3v) is 4.36. The maximum Gasteiger partial charge on any atom is 0.286 e. The van der Waals surface area contributed by atoms with Crippen LogP contribution in [0, 0.1) is 0 Å². The molecular formula is C19H15BrClN3O3. The molecule has 0 saturated heterocycles. The second-order valence-electron chi connectivity index (χ2n) is 5.53. The van der Waals surface area contributed by atoms with Crippen LogP contribution in [0.4, 0.5) is 0 Å². The van der Waals surface area contributed by atoms with E-state index in [1.807, 2.05) is 36.4 Å². The van der Waals surface area contributed by atoms with E-state index < -0.39 is 11.8 Å². The van der Waals surface area contributed by atoms with Crippen molar-refractivity contribution >= 4 is 39.3 Å². The van der Waals surface area contributed by atoms with Gasteiger partial charge in [0.2, 0.25) is 0 Å². The monoisotopic (exact) mass is 447 g/mol. The van der Waals surface area contributed by atoms with Gasteiger partial charge in [-0.05, 0) is 45.3 Å². The number of hydrogen-bond donors (Lipinski definition) is 3. The van der Waals surface area contributed by atoms with Crippen molar-refractivity contribution in [1.29, 1.82) is 0 Å². The van der Waals surface area contributed by atoms with Crippen LogP contribution in [0.3, 0.4) is 0 Å². The van der Waals surface area contributed by atoms with Crippen LogP contribution in [0.5, 0.6) is 5.75 Å². The second-order valence-corrected chi connectivity index (χ2v) is 6.86. The Balaban J connectivity index is 1.52. The summed E-state index contributed by atoms with van der Waals surface area (Å²) in [6.45, 7) is -0.293. The molecule has 0 unspecified atom stereocenters. The summed E-state index contributed by atoms with van der Waals surface area (Å²) in [5.41, 5.74) is 6.85. The van der Waals surface area contributed by atoms with Crippen LogP contribution in [0.15, 0.2) is 65.3 Å². The highest BCUT2D eigenvalue weighted by molar-refractivity contribution is 9.10. The van der Waals surface area contributed by atoms with Crippen LogP contribution >= 0.6 is 27.5 Å². The number of carbonyl (C=O) groups excluding carboxylic acids is 2. The number of aromatic nitrogens is 1. The van der Waals surface area contributed by atoms with E-state index in [9.17, 15) is 9.59 Å². The Kier molecular flexibility index (Phi) is 6.16. The fourth-order valence-electron chi connectivity index (χ4n) is 2.30. The number of carbonyl (C=O) groups is 2. The average Bonchev–Trinajstić information content (AvgIpc) is 3.12. The number of H-pyrrole nitrogens is 1. The Morgan fingerprint density at radius 2 is 1.81 bits per heavy atom. The van der Waals surface area contributed by atoms with Gasteiger partial charge in [-0.1, -0.05) is 48.0 Å². The number of halogens is 2. The molecule has 3 N–H and O–H groups in total. The zero-order chi connectivity index (χ0) is 19.2. The molecule has 138 valence electrons. The van der Waals surface area contributed by atoms with Crippen molar-refractivity contribution in [3.63, 3.8) is 0 Å². The minimum atomic E-state index is -0.517. The van der Waals surface area contributed by atoms with Gasteiger partial charge < -0.3 is 9.72 Å². The Morgan fingerprint density at radius 1 is 1.04 bits per heavy atom. The number of benzene rings is 2. The number of rotatable bonds is 5. The summed E-state index contributed by atoms with van der Waals surface area (Å²) < 4.78 is 6.15. The van der Waals surface area contributed by atoms with E-state index in [0.717, 1.165) is 15.6 Å². The van der Waals surface area contributed by atoms with E-state index in [0.29, 0.717) is 16.5 Å². The molecule has 0 aliphatic heterocycles. The smallest absolute Gasteiger partial charge is 0.286 e. The lowest BCUT2D eigenvalue weighted by Gasteiger charge is -2.10. The quantitative estimate of drug-likeness (QED) is 0.517. The van der Waals surface area contributed by atoms with Crippen molar-refractivity contribution in [1.82, 2.24) is 15.8 Å². The zero-order valence-corrected chi connectivity index (χ0v) is 16.3. The fourth-order valence-corrected chi connectivity index (χ4v) is 2.88. The van der Waals surface area contributed by atoms with Crippen LogP contribution < -0.4 is 15.6 Å². The lowest BCUT2D eigenvalue weighted by molar-refractivity contribution is -0.123. The average molecular weight is 449 g/mol. The minimum absolute atomic E-state index is 0.293. The highest BCUT2D eigenvalue weighted by Gasteiger charge is 2.11. The molecule has 0 radical (unpaired) electrons. The molecule has 8 heteroatoms. The molecule has 2 amide bonds. The van der Waals surface area contributed by atoms with E-state index in [1.165, 1.54) is 0 Å². The summed E-state index contributed by atoms with van der Waals surface area (Å²) in [6, 6.07) is 16.7. The third-order valence-electron chi connectivity index (χ3n) is 3.61. The summed E-state index contributed by atoms with van der Waals surface area (Å²) in [6.07, 6.45) is 1.61. The molecule has 3 rings (SSSR count). The van der Waals surface area contributed by atoms with Crippen molar-refractivity contribution in [2.24, 2.45) is 0 Å². The molecule has 0 aliphatic rings. The molecule has 1 heterocycles. The van der Waals surface area contributed by atoms with Gasteiger partial charge in [-0.2, -0.15) is 0 Å². The Labute approximate surface area is 169 Å². The Bertz CT molecular complexity index is 960. The predicted molar refractivity (Wildman–Crippen MR) is 106 cm³/mol. The van der Waals surface area contributed by atoms with E-state index in [2.05, 4.69) is 31.8 Å². The summed E-state index contributed by atoms with van der Waals surface area (Å²) in [7, 11) is 0. The predicted octanol–water partition coefficient (Wildman–Crippen LogP) is 3.94. The first kappa shape index (κ1) is 19.0. The number of ether oxygens (including phenoxy) is 1. The van der Waals surface area contributed by atoms with Crippen LogP contribution in [0.1, 0.15) is 10.5 Å². The van der Waals surface area contributed by atoms with E-state index in [1.54, 1.807) is 24.4 Å². The van der Waals surface area contributed by atoms with Crippen molar-refractivity contribution in [3.8, 4) is 16.9 Å². The first-order chi connectivity index (χ1) is 13.0. The fraction of sp³-hybridized carbons (Fsp3) is 0.0526. The molecular weight excluding hydrogens is 434 g/mol. The third kappa shape index (κ3) is 5.12. The lowest BCUT2D eigenvalue weighted by atomic mass is 10.1. The number of nitrogens with one attached hydrogen (secondary N) is 3. The summed E-state index contributed by atoms with van der Waals surface area (Å²) in [5.74, 6) is -0.609. The highest BCUT2D eigenvalue weighted by Crippen LogP contribution is 2.30. The largest absolute Gasteiger partial charge is 0.482 e. The molecule has 0 atom stereocenters. The van der Waals surface area contributed by atoms with Crippen molar-refractivity contribution in [2.75, 3.05) is 6.61 Å². The van der Waals surface area contributed by atoms with Crippen molar-refractivity contribution < 1.29 is 14.3 Å². The van der Waals surface area contributed by atoms with Gasteiger partial charge in [-0.3, -0.25) is 20.4 Å². The molecule has 0 spiro atoms. The van der Waals surface area contributed by atoms with Gasteiger partial charge in [-0.25, -0.2) is 0 Å². The number of hydrogen-bond acceptors (Lipinski definition) is 3. The van der Waals surface area contributed by atoms with Crippen LogP contribution in [0.2, 0.25) is 5.02 Å². The first-order valence-electron chi connectivity index (χ1n) is 7.94. The number of aromatic amines is 1. The Hall–Kier alpha value is -2.77. The summed E-state index contributed by atoms with van der Waals surface area (Å²) in [5, 5.41) is 0.393. The van der Waals surface area contributed by atoms with Crippen LogP contribution in [-0.4, -0.2) is 23.4 Å². The topological polar surface area (TPSA) is 83.2 Å². The van der Waals surface area contributed by atoms with E-state index in [-0.39, 0.29) is 6.61 Å². The summed E-state index contributed by atoms with van der Waals surface area (Å²) in [4.78, 5) is 26.4. The standard InChI is InChI=1S/C19H15BrClN3O3/c20-14-9-16(22-10-14)19(26)24-23-18(25)11-27-17-7-6-13(8-15(17)21)12-4-2-1-3-5-12/h1-10,22H,11H2,(H,23,25)(H,24,26). The van der Waals surface area contributed by atoms with Crippen LogP contribution in [0.25, 0.3) is 11.1 Å². The van der Waals surface area contributed by atoms with Gasteiger partial charge in [-0.15, -0.1) is 0 Å². The van der Waals surface area contributed by atoms with Crippen LogP contribution in [-0.2, 0) is 4.79 Å². The van der Waals surface area contributed by atoms with Gasteiger partial charge in [0.15, 0.2) is 6.61 Å². The van der Waals surface area contributed by atoms with Gasteiger partial charge in [0.05, 0.1) is 5.02 Å². The summed E-state index contributed by atoms with van der Waals surface area (Å²) >= 11 is 9.46. The normalized spacial score (nSPS) is 10.3. The molecule has 0 fully saturated rings. The SMILES string of the molecule is O=C(COc1ccc(-c2ccccc2)cc1Cl)NNC(=O)c1cc(Br)c[nH]1. The van der Waals surface area contributed by atoms with Crippen molar-refractivity contribution in [3.05, 3.63) is 76.0 Å². The molecule has 27 heavy (non-hydrogen) atoms. The lowest BCUT2D eigenvalue weighted by Crippen LogP contribution is -2.43. The molecule has 2 aromatic carbocycles. The highest BCUT2D eigenvalue weighted by atomic mass is 79.9. The molecule has 6 nitrogen and oxygen atoms in total.